The summed E-state index contributed by atoms with van der Waals surface area (Å²) < 4.78 is 49.5. The van der Waals surface area contributed by atoms with Crippen molar-refractivity contribution in [2.75, 3.05) is 13.3 Å². The second-order valence-corrected chi connectivity index (χ2v) is 10.6. The van der Waals surface area contributed by atoms with E-state index in [1.54, 1.807) is 26.0 Å². The lowest BCUT2D eigenvalue weighted by Gasteiger charge is -2.38. The molecule has 0 radical (unpaired) electrons. The molecular weight excluding hydrogens is 539 g/mol. The summed E-state index contributed by atoms with van der Waals surface area (Å²) in [5, 5.41) is 14.1. The minimum absolute atomic E-state index is 0.171. The summed E-state index contributed by atoms with van der Waals surface area (Å²) in [6.45, 7) is 10.4. The van der Waals surface area contributed by atoms with Crippen molar-refractivity contribution < 1.29 is 27.8 Å². The van der Waals surface area contributed by atoms with Crippen LogP contribution in [0.2, 0.25) is 0 Å². The number of fused-ring (bicyclic) bond motifs is 2. The van der Waals surface area contributed by atoms with Crippen LogP contribution in [-0.2, 0) is 18.3 Å². The van der Waals surface area contributed by atoms with Crippen LogP contribution in [0.3, 0.4) is 0 Å². The third kappa shape index (κ3) is 5.08. The zero-order valence-corrected chi connectivity index (χ0v) is 21.3. The monoisotopic (exact) mass is 563 g/mol. The van der Waals surface area contributed by atoms with E-state index in [9.17, 15) is 23.1 Å². The zero-order chi connectivity index (χ0) is 26.3. The van der Waals surface area contributed by atoms with E-state index in [2.05, 4.69) is 31.1 Å². The summed E-state index contributed by atoms with van der Waals surface area (Å²) in [5.74, 6) is 0.135. The lowest BCUT2D eigenvalue weighted by atomic mass is 9.73. The Balaban J connectivity index is 1.65. The zero-order valence-electron chi connectivity index (χ0n) is 19.7. The maximum absolute atomic E-state index is 14.4. The van der Waals surface area contributed by atoms with Gasteiger partial charge in [-0.3, -0.25) is 15.0 Å². The third-order valence-electron chi connectivity index (χ3n) is 6.48. The number of carbonyl (C=O) groups is 1. The molecule has 3 aromatic rings. The number of carbonyl (C=O) groups excluding carboxylic acids is 1. The van der Waals surface area contributed by atoms with E-state index < -0.39 is 35.9 Å². The average molecular weight is 564 g/mol. The van der Waals surface area contributed by atoms with Crippen molar-refractivity contribution in [1.29, 1.82) is 0 Å². The van der Waals surface area contributed by atoms with Gasteiger partial charge in [-0.05, 0) is 53.8 Å². The van der Waals surface area contributed by atoms with E-state index in [1.165, 1.54) is 18.2 Å². The number of aromatic nitrogens is 1. The minimum atomic E-state index is -4.90. The predicted molar refractivity (Wildman–Crippen MR) is 133 cm³/mol. The summed E-state index contributed by atoms with van der Waals surface area (Å²) in [6, 6.07) is 9.81. The van der Waals surface area contributed by atoms with E-state index in [0.717, 1.165) is 10.0 Å². The number of aromatic amines is 1. The van der Waals surface area contributed by atoms with Crippen molar-refractivity contribution in [2.24, 2.45) is 0 Å². The van der Waals surface area contributed by atoms with Crippen LogP contribution in [0.5, 0.6) is 5.75 Å². The molecule has 6 nitrogen and oxygen atoms in total. The number of hydrogen-bond acceptors (Lipinski definition) is 3. The molecule has 4 rings (SSSR count). The van der Waals surface area contributed by atoms with Gasteiger partial charge in [-0.15, -0.1) is 0 Å². The van der Waals surface area contributed by atoms with Crippen LogP contribution in [0, 0.1) is 6.57 Å². The number of rotatable bonds is 7. The van der Waals surface area contributed by atoms with Crippen LogP contribution in [0.15, 0.2) is 40.9 Å². The number of amides is 1. The smallest absolute Gasteiger partial charge is 0.417 e. The Morgan fingerprint density at radius 2 is 2.00 bits per heavy atom. The molecule has 0 fully saturated rings. The molecule has 190 valence electrons. The van der Waals surface area contributed by atoms with Crippen molar-refractivity contribution >= 4 is 32.7 Å². The van der Waals surface area contributed by atoms with Crippen LogP contribution in [0.1, 0.15) is 47.4 Å². The van der Waals surface area contributed by atoms with E-state index in [1.807, 2.05) is 6.07 Å². The first-order valence-electron chi connectivity index (χ1n) is 11.3. The Bertz CT molecular complexity index is 1360. The first kappa shape index (κ1) is 26.0. The SMILES string of the molecule is [C-]#[N+]CNC(=O)c1ccc2[nH]c(CC(O)(CC(C)(C)c3cc(Br)cc4c3OCC4)C(F)(F)F)cc2c1. The van der Waals surface area contributed by atoms with Crippen molar-refractivity contribution in [3.63, 3.8) is 0 Å². The van der Waals surface area contributed by atoms with Crippen LogP contribution in [0.25, 0.3) is 15.7 Å². The molecule has 0 aliphatic carbocycles. The van der Waals surface area contributed by atoms with Gasteiger partial charge in [0.1, 0.15) is 5.75 Å². The second-order valence-electron chi connectivity index (χ2n) is 9.73. The van der Waals surface area contributed by atoms with E-state index in [-0.39, 0.29) is 17.9 Å². The number of benzene rings is 2. The van der Waals surface area contributed by atoms with Gasteiger partial charge in [-0.25, -0.2) is 6.57 Å². The number of aliphatic hydroxyl groups is 1. The molecule has 0 spiro atoms. The first-order valence-corrected chi connectivity index (χ1v) is 12.1. The van der Waals surface area contributed by atoms with Crippen molar-refractivity contribution in [3.05, 3.63) is 74.7 Å². The molecule has 1 amide bonds. The summed E-state index contributed by atoms with van der Waals surface area (Å²) in [4.78, 5) is 18.2. The van der Waals surface area contributed by atoms with Gasteiger partial charge in [-0.1, -0.05) is 29.8 Å². The molecular formula is C26H25BrF3N3O3. The van der Waals surface area contributed by atoms with E-state index >= 15 is 0 Å². The van der Waals surface area contributed by atoms with Gasteiger partial charge in [0.2, 0.25) is 0 Å². The van der Waals surface area contributed by atoms with Gasteiger partial charge in [0, 0.05) is 45.0 Å². The normalized spacial score (nSPS) is 15.2. The fourth-order valence-corrected chi connectivity index (χ4v) is 5.32. The molecule has 1 atom stereocenters. The summed E-state index contributed by atoms with van der Waals surface area (Å²) >= 11 is 3.44. The highest BCUT2D eigenvalue weighted by atomic mass is 79.9. The number of ether oxygens (including phenoxy) is 1. The lowest BCUT2D eigenvalue weighted by molar-refractivity contribution is -0.266. The Morgan fingerprint density at radius 3 is 2.69 bits per heavy atom. The van der Waals surface area contributed by atoms with E-state index in [4.69, 9.17) is 11.3 Å². The third-order valence-corrected chi connectivity index (χ3v) is 6.94. The Kier molecular flexibility index (Phi) is 6.84. The summed E-state index contributed by atoms with van der Waals surface area (Å²) in [5.41, 5.74) is -1.55. The number of nitrogens with one attached hydrogen (secondary N) is 2. The molecule has 1 aliphatic rings. The molecule has 1 aliphatic heterocycles. The summed E-state index contributed by atoms with van der Waals surface area (Å²) in [6.07, 6.45) is -5.50. The lowest BCUT2D eigenvalue weighted by Crippen LogP contribution is -2.51. The molecule has 0 saturated carbocycles. The maximum Gasteiger partial charge on any atom is 0.417 e. The van der Waals surface area contributed by atoms with Gasteiger partial charge < -0.3 is 14.8 Å². The Hall–Kier alpha value is -3.03. The molecule has 0 bridgehead atoms. The highest BCUT2D eigenvalue weighted by molar-refractivity contribution is 9.10. The van der Waals surface area contributed by atoms with Crippen molar-refractivity contribution in [1.82, 2.24) is 10.3 Å². The largest absolute Gasteiger partial charge is 0.493 e. The molecule has 3 N–H and O–H groups in total. The fourth-order valence-electron chi connectivity index (χ4n) is 4.82. The fraction of sp³-hybridized carbons (Fsp3) is 0.385. The van der Waals surface area contributed by atoms with Crippen molar-refractivity contribution in [2.45, 2.75) is 50.3 Å². The molecule has 0 saturated heterocycles. The maximum atomic E-state index is 14.4. The number of alkyl halides is 3. The van der Waals surface area contributed by atoms with Gasteiger partial charge in [0.25, 0.3) is 12.6 Å². The Morgan fingerprint density at radius 1 is 1.25 bits per heavy atom. The predicted octanol–water partition coefficient (Wildman–Crippen LogP) is 5.68. The first-order chi connectivity index (χ1) is 16.8. The standard InChI is InChI=1S/C26H25BrF3N3O3/c1-24(2,20-11-18(27)9-15-6-7-36-22(15)20)13-25(35,26(28,29)30)12-19-10-17-8-16(4-5-21(17)33-19)23(34)32-14-31-3/h4-5,8-11,33,35H,6-7,12-14H2,1-2H3,(H,32,34). The highest BCUT2D eigenvalue weighted by Crippen LogP contribution is 2.47. The highest BCUT2D eigenvalue weighted by Gasteiger charge is 2.56. The van der Waals surface area contributed by atoms with Crippen molar-refractivity contribution in [3.8, 4) is 5.75 Å². The second kappa shape index (κ2) is 9.45. The number of halogens is 4. The number of H-pyrrole nitrogens is 1. The van der Waals surface area contributed by atoms with E-state index in [0.29, 0.717) is 35.2 Å². The average Bonchev–Trinajstić information content (AvgIpc) is 3.40. The minimum Gasteiger partial charge on any atom is -0.493 e. The summed E-state index contributed by atoms with van der Waals surface area (Å²) in [7, 11) is 0. The number of hydrogen-bond donors (Lipinski definition) is 3. The van der Waals surface area contributed by atoms with Crippen LogP contribution in [-0.4, -0.2) is 41.1 Å². The Labute approximate surface area is 214 Å². The molecule has 1 unspecified atom stereocenters. The molecule has 10 heteroatoms. The molecule has 36 heavy (non-hydrogen) atoms. The number of nitrogens with zero attached hydrogens (tertiary/aromatic N) is 1. The quantitative estimate of drug-likeness (QED) is 0.324. The van der Waals surface area contributed by atoms with Gasteiger partial charge >= 0.3 is 6.18 Å². The topological polar surface area (TPSA) is 78.7 Å². The molecule has 1 aromatic heterocycles. The van der Waals surface area contributed by atoms with Crippen LogP contribution in [0.4, 0.5) is 13.2 Å². The van der Waals surface area contributed by atoms with Gasteiger partial charge in [-0.2, -0.15) is 13.2 Å². The van der Waals surface area contributed by atoms with Gasteiger partial charge in [0.05, 0.1) is 6.61 Å². The molecule has 2 heterocycles. The van der Waals surface area contributed by atoms with Crippen LogP contribution < -0.4 is 10.1 Å². The molecule has 2 aromatic carbocycles. The van der Waals surface area contributed by atoms with Crippen LogP contribution >= 0.6 is 15.9 Å². The van der Waals surface area contributed by atoms with Gasteiger partial charge in [0.15, 0.2) is 5.60 Å².